The van der Waals surface area contributed by atoms with Crippen LogP contribution in [0.1, 0.15) is 58.1 Å². The summed E-state index contributed by atoms with van der Waals surface area (Å²) in [5.41, 5.74) is -0.797. The second-order valence-corrected chi connectivity index (χ2v) is 8.63. The number of anilines is 1. The molecule has 3 atom stereocenters. The SMILES string of the molecule is CC(C)(C)N(C(=O)O)C1CC2CCC(C1)N2c1ccc(C(O)C(F)(F)F)cn1. The van der Waals surface area contributed by atoms with Gasteiger partial charge in [-0.15, -0.1) is 0 Å². The topological polar surface area (TPSA) is 76.9 Å². The zero-order chi connectivity index (χ0) is 20.9. The Balaban J connectivity index is 1.77. The quantitative estimate of drug-likeness (QED) is 0.802. The van der Waals surface area contributed by atoms with Gasteiger partial charge in [-0.2, -0.15) is 13.2 Å². The van der Waals surface area contributed by atoms with Gasteiger partial charge >= 0.3 is 12.3 Å². The third kappa shape index (κ3) is 3.90. The Labute approximate surface area is 162 Å². The molecule has 2 N–H and O–H groups in total. The maximum atomic E-state index is 12.7. The molecular formula is C19H26F3N3O3. The summed E-state index contributed by atoms with van der Waals surface area (Å²) in [6, 6.07) is 2.86. The van der Waals surface area contributed by atoms with E-state index in [0.717, 1.165) is 19.0 Å². The molecule has 1 aromatic rings. The molecule has 156 valence electrons. The summed E-state index contributed by atoms with van der Waals surface area (Å²) in [6.45, 7) is 5.63. The summed E-state index contributed by atoms with van der Waals surface area (Å²) in [5.74, 6) is 0.571. The molecule has 1 amide bonds. The van der Waals surface area contributed by atoms with Crippen molar-refractivity contribution >= 4 is 11.9 Å². The van der Waals surface area contributed by atoms with Gasteiger partial charge in [0.1, 0.15) is 5.82 Å². The van der Waals surface area contributed by atoms with E-state index in [0.29, 0.717) is 18.7 Å². The van der Waals surface area contributed by atoms with Gasteiger partial charge in [0, 0.05) is 35.4 Å². The van der Waals surface area contributed by atoms with Gasteiger partial charge in [0.05, 0.1) is 0 Å². The standard InChI is InChI=1S/C19H26F3N3O3/c1-18(2,3)25(17(27)28)14-8-12-5-6-13(9-14)24(12)15-7-4-11(10-23-15)16(26)19(20,21)22/h4,7,10,12-14,16,26H,5-6,8-9H2,1-3H3,(H,27,28). The number of nitrogens with zero attached hydrogens (tertiary/aromatic N) is 3. The molecule has 28 heavy (non-hydrogen) atoms. The second-order valence-electron chi connectivity index (χ2n) is 8.63. The van der Waals surface area contributed by atoms with Crippen molar-refractivity contribution in [3.8, 4) is 0 Å². The molecule has 2 aliphatic heterocycles. The van der Waals surface area contributed by atoms with Crippen molar-refractivity contribution in [2.45, 2.75) is 82.4 Å². The first-order chi connectivity index (χ1) is 12.9. The van der Waals surface area contributed by atoms with Crippen molar-refractivity contribution in [3.63, 3.8) is 0 Å². The van der Waals surface area contributed by atoms with Crippen molar-refractivity contribution < 1.29 is 28.2 Å². The third-order valence-electron chi connectivity index (χ3n) is 5.66. The lowest BCUT2D eigenvalue weighted by molar-refractivity contribution is -0.206. The van der Waals surface area contributed by atoms with Crippen LogP contribution in [0.2, 0.25) is 0 Å². The van der Waals surface area contributed by atoms with E-state index in [4.69, 9.17) is 0 Å². The number of halogens is 3. The average Bonchev–Trinajstić information content (AvgIpc) is 2.82. The van der Waals surface area contributed by atoms with Crippen LogP contribution in [0.25, 0.3) is 0 Å². The van der Waals surface area contributed by atoms with Gasteiger partial charge in [-0.3, -0.25) is 0 Å². The fourth-order valence-corrected chi connectivity index (χ4v) is 4.62. The second kappa shape index (κ2) is 7.09. The third-order valence-corrected chi connectivity index (χ3v) is 5.66. The molecule has 2 aliphatic rings. The van der Waals surface area contributed by atoms with Gasteiger partial charge in [0.25, 0.3) is 0 Å². The largest absolute Gasteiger partial charge is 0.465 e. The molecular weight excluding hydrogens is 375 g/mol. The fourth-order valence-electron chi connectivity index (χ4n) is 4.62. The van der Waals surface area contributed by atoms with E-state index < -0.39 is 23.9 Å². The van der Waals surface area contributed by atoms with E-state index in [9.17, 15) is 28.2 Å². The molecule has 0 radical (unpaired) electrons. The molecule has 3 rings (SSSR count). The number of hydrogen-bond donors (Lipinski definition) is 2. The normalized spacial score (nSPS) is 26.2. The summed E-state index contributed by atoms with van der Waals surface area (Å²) in [5, 5.41) is 19.0. The first-order valence-corrected chi connectivity index (χ1v) is 9.41. The van der Waals surface area contributed by atoms with Gasteiger partial charge in [0.2, 0.25) is 0 Å². The number of aromatic nitrogens is 1. The Morgan fingerprint density at radius 3 is 2.18 bits per heavy atom. The van der Waals surface area contributed by atoms with Crippen LogP contribution in [0.15, 0.2) is 18.3 Å². The number of rotatable bonds is 3. The highest BCUT2D eigenvalue weighted by molar-refractivity contribution is 5.66. The lowest BCUT2D eigenvalue weighted by Gasteiger charge is -2.47. The average molecular weight is 401 g/mol. The summed E-state index contributed by atoms with van der Waals surface area (Å²) in [4.78, 5) is 19.6. The van der Waals surface area contributed by atoms with E-state index >= 15 is 0 Å². The van der Waals surface area contributed by atoms with Gasteiger partial charge in [-0.1, -0.05) is 6.07 Å². The summed E-state index contributed by atoms with van der Waals surface area (Å²) >= 11 is 0. The van der Waals surface area contributed by atoms with E-state index in [-0.39, 0.29) is 23.7 Å². The number of alkyl halides is 3. The Bertz CT molecular complexity index is 704. The van der Waals surface area contributed by atoms with Crippen LogP contribution in [-0.2, 0) is 0 Å². The summed E-state index contributed by atoms with van der Waals surface area (Å²) in [7, 11) is 0. The Morgan fingerprint density at radius 1 is 1.21 bits per heavy atom. The number of carbonyl (C=O) groups is 1. The van der Waals surface area contributed by atoms with Crippen molar-refractivity contribution in [2.24, 2.45) is 0 Å². The Kier molecular flexibility index (Phi) is 5.24. The Hall–Kier alpha value is -2.03. The van der Waals surface area contributed by atoms with Crippen molar-refractivity contribution in [1.29, 1.82) is 0 Å². The van der Waals surface area contributed by atoms with Gasteiger partial charge in [-0.25, -0.2) is 9.78 Å². The number of pyridine rings is 1. The van der Waals surface area contributed by atoms with Crippen LogP contribution in [0, 0.1) is 0 Å². The molecule has 1 aromatic heterocycles. The minimum atomic E-state index is -4.73. The maximum absolute atomic E-state index is 12.7. The van der Waals surface area contributed by atoms with E-state index in [1.54, 1.807) is 0 Å². The molecule has 2 fully saturated rings. The number of piperidine rings is 1. The van der Waals surface area contributed by atoms with Crippen molar-refractivity contribution in [2.75, 3.05) is 4.90 Å². The zero-order valence-corrected chi connectivity index (χ0v) is 16.1. The highest BCUT2D eigenvalue weighted by atomic mass is 19.4. The van der Waals surface area contributed by atoms with Gasteiger partial charge in [-0.05, 0) is 52.5 Å². The molecule has 0 aromatic carbocycles. The zero-order valence-electron chi connectivity index (χ0n) is 16.1. The molecule has 6 nitrogen and oxygen atoms in total. The molecule has 3 heterocycles. The number of carboxylic acid groups (broad SMARTS) is 1. The first-order valence-electron chi connectivity index (χ1n) is 9.41. The molecule has 0 saturated carbocycles. The summed E-state index contributed by atoms with van der Waals surface area (Å²) in [6.07, 6.45) is -4.03. The molecule has 0 aliphatic carbocycles. The number of fused-ring (bicyclic) bond motifs is 2. The minimum Gasteiger partial charge on any atom is -0.465 e. The van der Waals surface area contributed by atoms with Crippen molar-refractivity contribution in [1.82, 2.24) is 9.88 Å². The molecule has 2 bridgehead atoms. The molecule has 2 saturated heterocycles. The maximum Gasteiger partial charge on any atom is 0.418 e. The lowest BCUT2D eigenvalue weighted by atomic mass is 9.92. The van der Waals surface area contributed by atoms with Gasteiger partial charge < -0.3 is 20.0 Å². The molecule has 3 unspecified atom stereocenters. The number of aliphatic hydroxyl groups excluding tert-OH is 1. The van der Waals surface area contributed by atoms with Crippen LogP contribution in [0.4, 0.5) is 23.8 Å². The Morgan fingerprint density at radius 2 is 1.79 bits per heavy atom. The minimum absolute atomic E-state index is 0.0961. The fraction of sp³-hybridized carbons (Fsp3) is 0.684. The van der Waals surface area contributed by atoms with Crippen LogP contribution in [0.5, 0.6) is 0 Å². The van der Waals surface area contributed by atoms with Crippen LogP contribution < -0.4 is 4.90 Å². The highest BCUT2D eigenvalue weighted by Crippen LogP contribution is 2.42. The van der Waals surface area contributed by atoms with Crippen LogP contribution in [0.3, 0.4) is 0 Å². The highest BCUT2D eigenvalue weighted by Gasteiger charge is 2.46. The monoisotopic (exact) mass is 401 g/mol. The summed E-state index contributed by atoms with van der Waals surface area (Å²) < 4.78 is 38.0. The van der Waals surface area contributed by atoms with Gasteiger partial charge in [0.15, 0.2) is 6.10 Å². The lowest BCUT2D eigenvalue weighted by Crippen LogP contribution is -2.57. The predicted molar refractivity (Wildman–Crippen MR) is 97.2 cm³/mol. The van der Waals surface area contributed by atoms with Crippen LogP contribution in [-0.4, -0.2) is 56.0 Å². The van der Waals surface area contributed by atoms with Crippen molar-refractivity contribution in [3.05, 3.63) is 23.9 Å². The van der Waals surface area contributed by atoms with Crippen LogP contribution >= 0.6 is 0 Å². The van der Waals surface area contributed by atoms with E-state index in [1.165, 1.54) is 17.0 Å². The van der Waals surface area contributed by atoms with E-state index in [1.807, 2.05) is 20.8 Å². The predicted octanol–water partition coefficient (Wildman–Crippen LogP) is 3.96. The number of aliphatic hydroxyl groups is 1. The van der Waals surface area contributed by atoms with E-state index in [2.05, 4.69) is 9.88 Å². The number of hydrogen-bond acceptors (Lipinski definition) is 4. The smallest absolute Gasteiger partial charge is 0.418 e. The first kappa shape index (κ1) is 20.7. The molecule has 9 heteroatoms. The number of amides is 1. The molecule has 0 spiro atoms.